The van der Waals surface area contributed by atoms with Gasteiger partial charge >= 0.3 is 0 Å². The fourth-order valence-electron chi connectivity index (χ4n) is 2.59. The summed E-state index contributed by atoms with van der Waals surface area (Å²) < 4.78 is 0. The Bertz CT molecular complexity index is 428. The van der Waals surface area contributed by atoms with Crippen LogP contribution in [0.3, 0.4) is 0 Å². The van der Waals surface area contributed by atoms with E-state index in [9.17, 15) is 0 Å². The van der Waals surface area contributed by atoms with Crippen molar-refractivity contribution < 1.29 is 0 Å². The fraction of sp³-hybridized carbons (Fsp3) is 0.333. The molecule has 0 aliphatic carbocycles. The van der Waals surface area contributed by atoms with Crippen LogP contribution in [-0.2, 0) is 0 Å². The molecule has 0 bridgehead atoms. The first-order valence-electron chi connectivity index (χ1n) is 6.49. The first-order chi connectivity index (χ1) is 8.93. The Hall–Kier alpha value is -1.90. The van der Waals surface area contributed by atoms with Crippen molar-refractivity contribution in [3.63, 3.8) is 0 Å². The maximum Gasteiger partial charge on any atom is 0.0552 e. The zero-order valence-electron chi connectivity index (χ0n) is 10.4. The average molecular weight is 239 g/mol. The minimum absolute atomic E-state index is 0.610. The second-order valence-corrected chi connectivity index (χ2v) is 4.73. The van der Waals surface area contributed by atoms with Gasteiger partial charge in [0.25, 0.3) is 0 Å². The average Bonchev–Trinajstić information content (AvgIpc) is 2.49. The second-order valence-electron chi connectivity index (χ2n) is 4.73. The predicted molar refractivity (Wildman–Crippen MR) is 72.7 cm³/mol. The molecule has 1 saturated heterocycles. The van der Waals surface area contributed by atoms with Gasteiger partial charge in [-0.15, -0.1) is 0 Å². The van der Waals surface area contributed by atoms with Gasteiger partial charge in [0.2, 0.25) is 0 Å². The van der Waals surface area contributed by atoms with Gasteiger partial charge in [-0.25, -0.2) is 0 Å². The third-order valence-electron chi connectivity index (χ3n) is 3.61. The third-order valence-corrected chi connectivity index (χ3v) is 3.61. The highest BCUT2D eigenvalue weighted by atomic mass is 15.1. The molecule has 2 aromatic rings. The van der Waals surface area contributed by atoms with Crippen LogP contribution in [0.1, 0.15) is 24.5 Å². The highest BCUT2D eigenvalue weighted by molar-refractivity contribution is 5.44. The van der Waals surface area contributed by atoms with Gasteiger partial charge in [-0.3, -0.25) is 9.97 Å². The van der Waals surface area contributed by atoms with E-state index in [0.29, 0.717) is 5.92 Å². The minimum atomic E-state index is 0.610. The van der Waals surface area contributed by atoms with E-state index >= 15 is 0 Å². The van der Waals surface area contributed by atoms with Crippen molar-refractivity contribution in [3.8, 4) is 0 Å². The van der Waals surface area contributed by atoms with Gasteiger partial charge in [-0.2, -0.15) is 0 Å². The molecular formula is C15H17N3. The van der Waals surface area contributed by atoms with Crippen LogP contribution < -0.4 is 4.90 Å². The molecule has 0 saturated carbocycles. The number of anilines is 1. The zero-order valence-corrected chi connectivity index (χ0v) is 10.4. The molecule has 3 heteroatoms. The number of hydrogen-bond donors (Lipinski definition) is 0. The quantitative estimate of drug-likeness (QED) is 0.807. The van der Waals surface area contributed by atoms with E-state index in [-0.39, 0.29) is 0 Å². The van der Waals surface area contributed by atoms with E-state index in [2.05, 4.69) is 33.1 Å². The molecule has 0 unspecified atom stereocenters. The first-order valence-corrected chi connectivity index (χ1v) is 6.49. The Kier molecular flexibility index (Phi) is 3.22. The molecule has 3 rings (SSSR count). The number of aromatic nitrogens is 2. The van der Waals surface area contributed by atoms with E-state index in [4.69, 9.17) is 0 Å². The van der Waals surface area contributed by atoms with Crippen LogP contribution in [0.15, 0.2) is 48.9 Å². The molecule has 0 aromatic carbocycles. The molecule has 1 aliphatic heterocycles. The van der Waals surface area contributed by atoms with E-state index in [1.54, 1.807) is 0 Å². The van der Waals surface area contributed by atoms with E-state index in [1.165, 1.54) is 24.2 Å². The van der Waals surface area contributed by atoms with E-state index in [0.717, 1.165) is 13.1 Å². The Labute approximate surface area is 108 Å². The van der Waals surface area contributed by atoms with Crippen LogP contribution in [-0.4, -0.2) is 23.1 Å². The van der Waals surface area contributed by atoms with Crippen LogP contribution in [0.4, 0.5) is 5.69 Å². The topological polar surface area (TPSA) is 29.0 Å². The van der Waals surface area contributed by atoms with Gasteiger partial charge < -0.3 is 4.90 Å². The number of piperidine rings is 1. The molecule has 1 fully saturated rings. The summed E-state index contributed by atoms with van der Waals surface area (Å²) in [6.45, 7) is 2.18. The number of hydrogen-bond acceptors (Lipinski definition) is 3. The standard InChI is InChI=1S/C15H17N3/c1-2-9-17-15(5-1)13-6-10-18(11-7-13)14-4-3-8-16-12-14/h1-5,8-9,12-13H,6-7,10-11H2. The van der Waals surface area contributed by atoms with Gasteiger partial charge in [0, 0.05) is 37.1 Å². The molecule has 0 radical (unpaired) electrons. The molecular weight excluding hydrogens is 222 g/mol. The third kappa shape index (κ3) is 2.35. The van der Waals surface area contributed by atoms with Crippen molar-refractivity contribution in [2.75, 3.05) is 18.0 Å². The molecule has 0 amide bonds. The van der Waals surface area contributed by atoms with Crippen molar-refractivity contribution in [2.24, 2.45) is 0 Å². The van der Waals surface area contributed by atoms with Crippen LogP contribution in [0.25, 0.3) is 0 Å². The summed E-state index contributed by atoms with van der Waals surface area (Å²) in [6, 6.07) is 10.3. The second kappa shape index (κ2) is 5.17. The lowest BCUT2D eigenvalue weighted by Crippen LogP contribution is -2.33. The molecule has 3 heterocycles. The van der Waals surface area contributed by atoms with Crippen molar-refractivity contribution >= 4 is 5.69 Å². The molecule has 0 atom stereocenters. The van der Waals surface area contributed by atoms with E-state index in [1.807, 2.05) is 30.7 Å². The first kappa shape index (κ1) is 11.2. The van der Waals surface area contributed by atoms with Gasteiger partial charge in [0.15, 0.2) is 0 Å². The van der Waals surface area contributed by atoms with Crippen LogP contribution in [0, 0.1) is 0 Å². The van der Waals surface area contributed by atoms with Gasteiger partial charge in [0.05, 0.1) is 11.9 Å². The summed E-state index contributed by atoms with van der Waals surface area (Å²) in [6.07, 6.45) is 8.01. The lowest BCUT2D eigenvalue weighted by molar-refractivity contribution is 0.496. The zero-order chi connectivity index (χ0) is 12.2. The summed E-state index contributed by atoms with van der Waals surface area (Å²) in [5, 5.41) is 0. The summed E-state index contributed by atoms with van der Waals surface area (Å²) in [5.41, 5.74) is 2.47. The molecule has 0 N–H and O–H groups in total. The molecule has 0 spiro atoms. The lowest BCUT2D eigenvalue weighted by Gasteiger charge is -2.33. The summed E-state index contributed by atoms with van der Waals surface area (Å²) in [4.78, 5) is 11.1. The van der Waals surface area contributed by atoms with Crippen molar-refractivity contribution in [1.82, 2.24) is 9.97 Å². The highest BCUT2D eigenvalue weighted by Gasteiger charge is 2.21. The molecule has 18 heavy (non-hydrogen) atoms. The van der Waals surface area contributed by atoms with Gasteiger partial charge in [-0.05, 0) is 37.1 Å². The normalized spacial score (nSPS) is 16.8. The smallest absolute Gasteiger partial charge is 0.0552 e. The van der Waals surface area contributed by atoms with Gasteiger partial charge in [-0.1, -0.05) is 6.07 Å². The predicted octanol–water partition coefficient (Wildman–Crippen LogP) is 2.86. The van der Waals surface area contributed by atoms with Crippen molar-refractivity contribution in [2.45, 2.75) is 18.8 Å². The molecule has 3 nitrogen and oxygen atoms in total. The maximum absolute atomic E-state index is 4.47. The largest absolute Gasteiger partial charge is 0.370 e. The molecule has 2 aromatic heterocycles. The maximum atomic E-state index is 4.47. The monoisotopic (exact) mass is 239 g/mol. The van der Waals surface area contributed by atoms with E-state index < -0.39 is 0 Å². The summed E-state index contributed by atoms with van der Waals surface area (Å²) >= 11 is 0. The van der Waals surface area contributed by atoms with Gasteiger partial charge in [0.1, 0.15) is 0 Å². The van der Waals surface area contributed by atoms with Crippen LogP contribution in [0.2, 0.25) is 0 Å². The Morgan fingerprint density at radius 1 is 1.00 bits per heavy atom. The highest BCUT2D eigenvalue weighted by Crippen LogP contribution is 2.28. The molecule has 92 valence electrons. The number of nitrogens with zero attached hydrogens (tertiary/aromatic N) is 3. The fourth-order valence-corrected chi connectivity index (χ4v) is 2.59. The Balaban J connectivity index is 1.65. The van der Waals surface area contributed by atoms with Crippen LogP contribution in [0.5, 0.6) is 0 Å². The minimum Gasteiger partial charge on any atom is -0.370 e. The van der Waals surface area contributed by atoms with Crippen molar-refractivity contribution in [3.05, 3.63) is 54.6 Å². The SMILES string of the molecule is c1ccc(C2CCN(c3cccnc3)CC2)nc1. The summed E-state index contributed by atoms with van der Waals surface area (Å²) in [7, 11) is 0. The molecule has 1 aliphatic rings. The lowest BCUT2D eigenvalue weighted by atomic mass is 9.93. The summed E-state index contributed by atoms with van der Waals surface area (Å²) in [5.74, 6) is 0.610. The number of pyridine rings is 2. The Morgan fingerprint density at radius 2 is 1.89 bits per heavy atom. The number of rotatable bonds is 2. The Morgan fingerprint density at radius 3 is 2.56 bits per heavy atom. The van der Waals surface area contributed by atoms with Crippen molar-refractivity contribution in [1.29, 1.82) is 0 Å². The van der Waals surface area contributed by atoms with Crippen LogP contribution >= 0.6 is 0 Å².